The highest BCUT2D eigenvalue weighted by Crippen LogP contribution is 2.43. The molecular weight excluding hydrogens is 912 g/mol. The monoisotopic (exact) mass is 936 g/mol. The maximum atomic E-state index is 13.0. The first kappa shape index (κ1) is 37.1. The minimum absolute atomic E-state index is 0.0109. The van der Waals surface area contributed by atoms with E-state index in [9.17, 15) is 30.2 Å². The molecule has 16 heteroatoms. The zero-order valence-corrected chi connectivity index (χ0v) is 32.2. The van der Waals surface area contributed by atoms with Crippen LogP contribution in [-0.4, -0.2) is 57.0 Å². The van der Waals surface area contributed by atoms with Gasteiger partial charge in [-0.1, -0.05) is 22.4 Å². The number of aromatic hydroxyl groups is 2. The zero-order valence-electron chi connectivity index (χ0n) is 25.8. The van der Waals surface area contributed by atoms with Crippen LogP contribution in [-0.2, 0) is 35.3 Å². The first-order valence-corrected chi connectivity index (χ1v) is 18.1. The fourth-order valence-corrected chi connectivity index (χ4v) is 7.42. The van der Waals surface area contributed by atoms with Crippen molar-refractivity contribution < 1.29 is 39.7 Å². The SMILES string of the molecule is O=C1NCCc2ccc(c(Br)c2)Oc2cc(ccc2O)CCNC(=O)/C(=N/O)Cc2cc(Br)c(O)c(c2)Oc2c(Br)cc(cc2Br)C/C1=N\O. The zero-order chi connectivity index (χ0) is 35.9. The summed E-state index contributed by atoms with van der Waals surface area (Å²) in [6, 6.07) is 16.7. The van der Waals surface area contributed by atoms with Crippen LogP contribution in [0.15, 0.2) is 88.9 Å². The quantitative estimate of drug-likeness (QED) is 0.0774. The first-order chi connectivity index (χ1) is 23.9. The van der Waals surface area contributed by atoms with Gasteiger partial charge in [0.05, 0.1) is 17.9 Å². The second kappa shape index (κ2) is 16.7. The first-order valence-electron chi connectivity index (χ1n) is 14.9. The second-order valence-electron chi connectivity index (χ2n) is 11.0. The van der Waals surface area contributed by atoms with Gasteiger partial charge in [0.15, 0.2) is 28.7 Å². The van der Waals surface area contributed by atoms with E-state index < -0.39 is 11.8 Å². The van der Waals surface area contributed by atoms with Gasteiger partial charge >= 0.3 is 0 Å². The standard InChI is InChI=1S/C34H28Br4N4O8/c35-21-9-17-2-4-28(21)49-29-15-18(1-3-27(29)43)6-8-40-34(46)26(42-48)14-20-10-22(36)31(44)30(16-20)50-32-23(37)11-19(12-24(32)38)13-25(41-47)33(45)39-7-5-17/h1-4,9-12,15-16,43-44,47-48H,5-8,13-14H2,(H,39,45)(H,40,46)/b41-25+,42-26+. The largest absolute Gasteiger partial charge is 0.504 e. The van der Waals surface area contributed by atoms with Crippen molar-refractivity contribution >= 4 is 87.0 Å². The van der Waals surface area contributed by atoms with E-state index in [2.05, 4.69) is 84.7 Å². The number of halogens is 4. The van der Waals surface area contributed by atoms with E-state index in [1.165, 1.54) is 12.1 Å². The molecule has 4 aromatic carbocycles. The number of fused-ring (bicyclic) bond motifs is 2. The van der Waals surface area contributed by atoms with E-state index in [-0.39, 0.29) is 64.8 Å². The van der Waals surface area contributed by atoms with Gasteiger partial charge < -0.3 is 40.7 Å². The van der Waals surface area contributed by atoms with E-state index in [1.54, 1.807) is 36.4 Å². The fraction of sp³-hybridized carbons (Fsp3) is 0.176. The molecular formula is C34H28Br4N4O8. The number of hydrogen-bond acceptors (Lipinski definition) is 10. The number of carbonyl (C=O) groups excluding carboxylic acids is 2. The van der Waals surface area contributed by atoms with Gasteiger partial charge in [-0.15, -0.1) is 0 Å². The van der Waals surface area contributed by atoms with Crippen molar-refractivity contribution in [3.8, 4) is 34.5 Å². The summed E-state index contributed by atoms with van der Waals surface area (Å²) in [5.74, 6) is -0.453. The van der Waals surface area contributed by atoms with Crippen molar-refractivity contribution in [3.63, 3.8) is 0 Å². The maximum Gasteiger partial charge on any atom is 0.269 e. The Hall–Kier alpha value is -4.12. The van der Waals surface area contributed by atoms with Crippen LogP contribution in [0.5, 0.6) is 34.5 Å². The van der Waals surface area contributed by atoms with E-state index >= 15 is 0 Å². The molecule has 3 heterocycles. The van der Waals surface area contributed by atoms with Crippen LogP contribution in [0.3, 0.4) is 0 Å². The highest BCUT2D eigenvalue weighted by Gasteiger charge is 2.21. The Morgan fingerprint density at radius 2 is 1.08 bits per heavy atom. The molecule has 260 valence electrons. The molecule has 2 amide bonds. The van der Waals surface area contributed by atoms with Crippen LogP contribution in [0.1, 0.15) is 22.3 Å². The van der Waals surface area contributed by atoms with Gasteiger partial charge in [-0.3, -0.25) is 9.59 Å². The number of oxime groups is 2. The van der Waals surface area contributed by atoms with Gasteiger partial charge in [0.25, 0.3) is 11.8 Å². The number of phenolic OH excluding ortho intramolecular Hbond substituents is 2. The lowest BCUT2D eigenvalue weighted by atomic mass is 10.1. The number of amides is 2. The molecule has 50 heavy (non-hydrogen) atoms. The molecule has 4 aromatic rings. The summed E-state index contributed by atoms with van der Waals surface area (Å²) in [4.78, 5) is 25.9. The van der Waals surface area contributed by atoms with Gasteiger partial charge in [-0.2, -0.15) is 0 Å². The van der Waals surface area contributed by atoms with Crippen LogP contribution in [0.4, 0.5) is 0 Å². The van der Waals surface area contributed by atoms with Crippen LogP contribution in [0.25, 0.3) is 0 Å². The summed E-state index contributed by atoms with van der Waals surface area (Å²) in [7, 11) is 0. The summed E-state index contributed by atoms with van der Waals surface area (Å²) in [5, 5.41) is 52.6. The van der Waals surface area contributed by atoms with Crippen molar-refractivity contribution in [2.75, 3.05) is 13.1 Å². The molecule has 0 saturated carbocycles. The minimum Gasteiger partial charge on any atom is -0.504 e. The molecule has 6 N–H and O–H groups in total. The van der Waals surface area contributed by atoms with Crippen molar-refractivity contribution in [1.29, 1.82) is 0 Å². The average Bonchev–Trinajstić information content (AvgIpc) is 3.08. The highest BCUT2D eigenvalue weighted by atomic mass is 79.9. The number of nitrogens with one attached hydrogen (secondary N) is 2. The van der Waals surface area contributed by atoms with Crippen LogP contribution >= 0.6 is 63.7 Å². The molecule has 0 radical (unpaired) electrons. The molecule has 0 saturated heterocycles. The van der Waals surface area contributed by atoms with Gasteiger partial charge in [0, 0.05) is 25.9 Å². The van der Waals surface area contributed by atoms with Crippen LogP contribution in [0.2, 0.25) is 0 Å². The molecule has 12 nitrogen and oxygen atoms in total. The summed E-state index contributed by atoms with van der Waals surface area (Å²) >= 11 is 13.8. The second-order valence-corrected chi connectivity index (χ2v) is 14.5. The van der Waals surface area contributed by atoms with E-state index in [0.717, 1.165) is 11.1 Å². The Balaban J connectivity index is 1.46. The Bertz CT molecular complexity index is 2000. The molecule has 7 rings (SSSR count). The molecule has 0 aliphatic carbocycles. The number of ether oxygens (including phenoxy) is 2. The van der Waals surface area contributed by atoms with Gasteiger partial charge in [0.1, 0.15) is 17.2 Å². The Morgan fingerprint density at radius 1 is 0.580 bits per heavy atom. The summed E-state index contributed by atoms with van der Waals surface area (Å²) < 4.78 is 13.9. The number of nitrogens with zero attached hydrogens (tertiary/aromatic N) is 2. The van der Waals surface area contributed by atoms with E-state index in [0.29, 0.717) is 48.9 Å². The predicted octanol–water partition coefficient (Wildman–Crippen LogP) is 7.51. The third-order valence-electron chi connectivity index (χ3n) is 7.51. The lowest BCUT2D eigenvalue weighted by molar-refractivity contribution is -0.115. The summed E-state index contributed by atoms with van der Waals surface area (Å²) in [5.41, 5.74) is 2.44. The van der Waals surface area contributed by atoms with Crippen LogP contribution < -0.4 is 20.1 Å². The third-order valence-corrected chi connectivity index (χ3v) is 9.91. The Kier molecular flexibility index (Phi) is 12.4. The smallest absolute Gasteiger partial charge is 0.269 e. The Labute approximate surface area is 319 Å². The predicted molar refractivity (Wildman–Crippen MR) is 199 cm³/mol. The lowest BCUT2D eigenvalue weighted by Gasteiger charge is -2.15. The number of rotatable bonds is 0. The van der Waals surface area contributed by atoms with E-state index in [4.69, 9.17) is 9.47 Å². The van der Waals surface area contributed by atoms with Crippen molar-refractivity contribution in [2.24, 2.45) is 10.3 Å². The molecule has 0 fully saturated rings. The van der Waals surface area contributed by atoms with Gasteiger partial charge in [0.2, 0.25) is 0 Å². The van der Waals surface area contributed by atoms with E-state index in [1.807, 2.05) is 12.1 Å². The molecule has 0 aromatic heterocycles. The van der Waals surface area contributed by atoms with Gasteiger partial charge in [-0.25, -0.2) is 0 Å². The molecule has 3 aliphatic rings. The molecule has 8 bridgehead atoms. The van der Waals surface area contributed by atoms with Crippen molar-refractivity contribution in [1.82, 2.24) is 10.6 Å². The number of hydrogen-bond donors (Lipinski definition) is 6. The summed E-state index contributed by atoms with van der Waals surface area (Å²) in [6.45, 7) is 0.447. The number of carbonyl (C=O) groups is 2. The normalized spacial score (nSPS) is 16.2. The molecule has 3 aliphatic heterocycles. The Morgan fingerprint density at radius 3 is 1.66 bits per heavy atom. The van der Waals surface area contributed by atoms with Crippen molar-refractivity contribution in [3.05, 3.63) is 101 Å². The number of phenols is 2. The minimum atomic E-state index is -0.604. The third kappa shape index (κ3) is 9.15. The lowest BCUT2D eigenvalue weighted by Crippen LogP contribution is -2.33. The fourth-order valence-electron chi connectivity index (χ4n) is 4.98. The average molecular weight is 940 g/mol. The molecule has 0 atom stereocenters. The topological polar surface area (TPSA) is 182 Å². The van der Waals surface area contributed by atoms with Crippen LogP contribution in [0, 0.1) is 0 Å². The molecule has 0 unspecified atom stereocenters. The van der Waals surface area contributed by atoms with Crippen molar-refractivity contribution in [2.45, 2.75) is 25.7 Å². The number of benzene rings is 4. The highest BCUT2D eigenvalue weighted by molar-refractivity contribution is 9.11. The van der Waals surface area contributed by atoms with Gasteiger partial charge in [-0.05, 0) is 147 Å². The molecule has 0 spiro atoms. The maximum absolute atomic E-state index is 13.0. The summed E-state index contributed by atoms with van der Waals surface area (Å²) in [6.07, 6.45) is 0.727.